The van der Waals surface area contributed by atoms with E-state index in [1.165, 1.54) is 5.01 Å². The monoisotopic (exact) mass is 351 g/mol. The molecule has 0 aliphatic carbocycles. The van der Waals surface area contributed by atoms with E-state index < -0.39 is 17.9 Å². The number of hydrogen-bond acceptors (Lipinski definition) is 5. The summed E-state index contributed by atoms with van der Waals surface area (Å²) in [7, 11) is 0. The molecule has 1 N–H and O–H groups in total. The van der Waals surface area contributed by atoms with Crippen molar-refractivity contribution in [2.24, 2.45) is 5.10 Å². The highest BCUT2D eigenvalue weighted by atomic mass is 16.4. The number of phenols is 1. The average molecular weight is 351 g/mol. The van der Waals surface area contributed by atoms with Crippen LogP contribution in [0.5, 0.6) is 5.75 Å². The van der Waals surface area contributed by atoms with Crippen LogP contribution in [0.25, 0.3) is 0 Å². The van der Waals surface area contributed by atoms with Gasteiger partial charge in [0.2, 0.25) is 5.91 Å². The third-order valence-corrected chi connectivity index (χ3v) is 4.39. The molecule has 0 aromatic heterocycles. The second kappa shape index (κ2) is 7.39. The van der Waals surface area contributed by atoms with E-state index in [2.05, 4.69) is 5.10 Å². The summed E-state index contributed by atoms with van der Waals surface area (Å²) in [5.74, 6) is -1.61. The second-order valence-electron chi connectivity index (χ2n) is 6.30. The molecule has 0 saturated carbocycles. The maximum absolute atomic E-state index is 12.5. The van der Waals surface area contributed by atoms with Gasteiger partial charge >= 0.3 is 0 Å². The van der Waals surface area contributed by atoms with Crippen molar-refractivity contribution in [2.45, 2.75) is 32.2 Å². The summed E-state index contributed by atoms with van der Waals surface area (Å²) in [6.45, 7) is 1.99. The number of benzene rings is 2. The molecule has 2 aromatic rings. The van der Waals surface area contributed by atoms with Crippen molar-refractivity contribution >= 4 is 17.6 Å². The summed E-state index contributed by atoms with van der Waals surface area (Å²) in [6, 6.07) is 14.1. The highest BCUT2D eigenvalue weighted by molar-refractivity contribution is 6.03. The van der Waals surface area contributed by atoms with Crippen LogP contribution in [0.4, 0.5) is 0 Å². The molecule has 1 heterocycles. The number of aromatic hydroxyl groups is 1. The summed E-state index contributed by atoms with van der Waals surface area (Å²) < 4.78 is 0. The third-order valence-electron chi connectivity index (χ3n) is 4.39. The molecule has 1 amide bonds. The molecular weight excluding hydrogens is 332 g/mol. The summed E-state index contributed by atoms with van der Waals surface area (Å²) in [4.78, 5) is 23.2. The Morgan fingerprint density at radius 2 is 1.85 bits per heavy atom. The van der Waals surface area contributed by atoms with E-state index in [0.29, 0.717) is 12.0 Å². The molecule has 3 rings (SSSR count). The Hall–Kier alpha value is -3.15. The molecule has 1 aliphatic heterocycles. The van der Waals surface area contributed by atoms with Crippen LogP contribution in [0.3, 0.4) is 0 Å². The van der Waals surface area contributed by atoms with Crippen molar-refractivity contribution in [1.29, 1.82) is 0 Å². The van der Waals surface area contributed by atoms with Gasteiger partial charge < -0.3 is 15.0 Å². The third kappa shape index (κ3) is 3.74. The van der Waals surface area contributed by atoms with E-state index in [4.69, 9.17) is 0 Å². The number of hydrazone groups is 1. The first-order chi connectivity index (χ1) is 12.5. The normalized spacial score (nSPS) is 16.4. The lowest BCUT2D eigenvalue weighted by atomic mass is 9.97. The van der Waals surface area contributed by atoms with Crippen LogP contribution in [0.15, 0.2) is 53.6 Å². The van der Waals surface area contributed by atoms with Crippen LogP contribution in [0, 0.1) is 6.92 Å². The molecule has 1 atom stereocenters. The molecule has 0 radical (unpaired) electrons. The van der Waals surface area contributed by atoms with E-state index >= 15 is 0 Å². The minimum atomic E-state index is -1.28. The number of carbonyl (C=O) groups is 2. The van der Waals surface area contributed by atoms with Crippen LogP contribution < -0.4 is 5.11 Å². The Bertz CT molecular complexity index is 858. The lowest BCUT2D eigenvalue weighted by molar-refractivity contribution is -0.305. The Kier molecular flexibility index (Phi) is 5.02. The molecule has 0 bridgehead atoms. The van der Waals surface area contributed by atoms with Crippen LogP contribution >= 0.6 is 0 Å². The fourth-order valence-corrected chi connectivity index (χ4v) is 3.00. The molecule has 0 spiro atoms. The van der Waals surface area contributed by atoms with Gasteiger partial charge in [-0.05, 0) is 25.0 Å². The Morgan fingerprint density at radius 3 is 2.50 bits per heavy atom. The minimum Gasteiger partial charge on any atom is -0.550 e. The molecule has 0 saturated heterocycles. The fourth-order valence-electron chi connectivity index (χ4n) is 3.00. The van der Waals surface area contributed by atoms with E-state index in [1.54, 1.807) is 24.3 Å². The summed E-state index contributed by atoms with van der Waals surface area (Å²) in [5.41, 5.74) is 3.32. The number of rotatable bonds is 5. The van der Waals surface area contributed by atoms with Crippen molar-refractivity contribution in [3.8, 4) is 5.75 Å². The van der Waals surface area contributed by atoms with Gasteiger partial charge in [-0.2, -0.15) is 5.10 Å². The first-order valence-electron chi connectivity index (χ1n) is 8.40. The first kappa shape index (κ1) is 17.7. The molecular formula is C20H19N2O4-. The lowest BCUT2D eigenvalue weighted by Gasteiger charge is -2.22. The van der Waals surface area contributed by atoms with Gasteiger partial charge in [-0.15, -0.1) is 0 Å². The Morgan fingerprint density at radius 1 is 1.15 bits per heavy atom. The van der Waals surface area contributed by atoms with Crippen molar-refractivity contribution in [2.75, 3.05) is 0 Å². The standard InChI is InChI=1S/C20H20N2O4/c1-13-6-8-14(9-7-13)16-12-17(15-4-2-3-5-18(15)23)22(21-16)19(24)10-11-20(25)26/h2-9,17,23H,10-12H2,1H3,(H,25,26)/p-1/t17-/m0/s1. The van der Waals surface area contributed by atoms with Gasteiger partial charge in [0.1, 0.15) is 5.75 Å². The van der Waals surface area contributed by atoms with E-state index in [1.807, 2.05) is 31.2 Å². The molecule has 1 aliphatic rings. The quantitative estimate of drug-likeness (QED) is 0.890. The van der Waals surface area contributed by atoms with Crippen LogP contribution in [-0.2, 0) is 9.59 Å². The number of phenolic OH excluding ortho intramolecular Hbond substituents is 1. The van der Waals surface area contributed by atoms with Gasteiger partial charge in [0, 0.05) is 24.4 Å². The van der Waals surface area contributed by atoms with Crippen LogP contribution in [-0.4, -0.2) is 27.7 Å². The lowest BCUT2D eigenvalue weighted by Crippen LogP contribution is -2.29. The van der Waals surface area contributed by atoms with Gasteiger partial charge in [0.25, 0.3) is 0 Å². The number of aryl methyl sites for hydroxylation is 1. The number of amides is 1. The summed E-state index contributed by atoms with van der Waals surface area (Å²) in [6.07, 6.45) is -0.118. The van der Waals surface area contributed by atoms with Gasteiger partial charge in [-0.25, -0.2) is 5.01 Å². The first-order valence-corrected chi connectivity index (χ1v) is 8.40. The summed E-state index contributed by atoms with van der Waals surface area (Å²) in [5, 5.41) is 26.6. The predicted octanol–water partition coefficient (Wildman–Crippen LogP) is 1.91. The minimum absolute atomic E-state index is 0.0792. The highest BCUT2D eigenvalue weighted by Gasteiger charge is 2.34. The van der Waals surface area contributed by atoms with Crippen LogP contribution in [0.1, 0.15) is 42.0 Å². The number of carboxylic acid groups (broad SMARTS) is 1. The highest BCUT2D eigenvalue weighted by Crippen LogP contribution is 2.37. The molecule has 2 aromatic carbocycles. The zero-order valence-corrected chi connectivity index (χ0v) is 14.4. The van der Waals surface area contributed by atoms with Gasteiger partial charge in [-0.1, -0.05) is 48.0 Å². The molecule has 134 valence electrons. The molecule has 0 fully saturated rings. The zero-order valence-electron chi connectivity index (χ0n) is 14.4. The SMILES string of the molecule is Cc1ccc(C2=NN(C(=O)CCC(=O)[O-])[C@H](c3ccccc3O)C2)cc1. The average Bonchev–Trinajstić information content (AvgIpc) is 3.06. The smallest absolute Gasteiger partial charge is 0.243 e. The number of hydrogen-bond donors (Lipinski definition) is 1. The van der Waals surface area contributed by atoms with Crippen molar-refractivity contribution < 1.29 is 19.8 Å². The van der Waals surface area contributed by atoms with Crippen molar-refractivity contribution in [1.82, 2.24) is 5.01 Å². The number of nitrogens with zero attached hydrogens (tertiary/aromatic N) is 2. The number of carboxylic acids is 1. The number of carbonyl (C=O) groups excluding carboxylic acids is 2. The number of para-hydroxylation sites is 1. The maximum atomic E-state index is 12.5. The van der Waals surface area contributed by atoms with Crippen molar-refractivity contribution in [3.63, 3.8) is 0 Å². The Labute approximate surface area is 151 Å². The molecule has 6 nitrogen and oxygen atoms in total. The maximum Gasteiger partial charge on any atom is 0.243 e. The Balaban J connectivity index is 1.93. The molecule has 6 heteroatoms. The zero-order chi connectivity index (χ0) is 18.7. The van der Waals surface area contributed by atoms with E-state index in [0.717, 1.165) is 16.8 Å². The molecule has 26 heavy (non-hydrogen) atoms. The largest absolute Gasteiger partial charge is 0.550 e. The summed E-state index contributed by atoms with van der Waals surface area (Å²) >= 11 is 0. The molecule has 0 unspecified atom stereocenters. The predicted molar refractivity (Wildman–Crippen MR) is 94.3 cm³/mol. The van der Waals surface area contributed by atoms with Crippen molar-refractivity contribution in [3.05, 3.63) is 65.2 Å². The fraction of sp³-hybridized carbons (Fsp3) is 0.250. The van der Waals surface area contributed by atoms with Gasteiger partial charge in [-0.3, -0.25) is 4.79 Å². The second-order valence-corrected chi connectivity index (χ2v) is 6.30. The van der Waals surface area contributed by atoms with E-state index in [9.17, 15) is 19.8 Å². The van der Waals surface area contributed by atoms with E-state index in [-0.39, 0.29) is 18.6 Å². The van der Waals surface area contributed by atoms with Crippen LogP contribution in [0.2, 0.25) is 0 Å². The number of aliphatic carboxylic acids is 1. The van der Waals surface area contributed by atoms with Gasteiger partial charge in [0.15, 0.2) is 0 Å². The topological polar surface area (TPSA) is 93.0 Å². The van der Waals surface area contributed by atoms with Gasteiger partial charge in [0.05, 0.1) is 11.8 Å².